The van der Waals surface area contributed by atoms with Gasteiger partial charge in [-0.15, -0.1) is 0 Å². The topological polar surface area (TPSA) is 64.0 Å². The van der Waals surface area contributed by atoms with Gasteiger partial charge in [-0.05, 0) is 61.0 Å². The highest BCUT2D eigenvalue weighted by molar-refractivity contribution is 9.10. The van der Waals surface area contributed by atoms with Gasteiger partial charge in [-0.2, -0.15) is 4.98 Å². The maximum atomic E-state index is 14.4. The number of benzene rings is 3. The van der Waals surface area contributed by atoms with Crippen molar-refractivity contribution in [2.75, 3.05) is 5.32 Å². The molecule has 1 amide bonds. The van der Waals surface area contributed by atoms with Crippen LogP contribution in [0.2, 0.25) is 5.02 Å². The molecule has 0 unspecified atom stereocenters. The summed E-state index contributed by atoms with van der Waals surface area (Å²) in [6.45, 7) is 1.66. The van der Waals surface area contributed by atoms with Crippen molar-refractivity contribution >= 4 is 50.0 Å². The van der Waals surface area contributed by atoms with E-state index in [0.29, 0.717) is 21.6 Å². The fourth-order valence-electron chi connectivity index (χ4n) is 3.33. The molecule has 156 valence electrons. The Labute approximate surface area is 190 Å². The van der Waals surface area contributed by atoms with Crippen molar-refractivity contribution in [1.29, 1.82) is 0 Å². The molecule has 0 fully saturated rings. The number of amides is 1. The van der Waals surface area contributed by atoms with Gasteiger partial charge in [0.25, 0.3) is 0 Å². The quantitative estimate of drug-likeness (QED) is 0.399. The van der Waals surface area contributed by atoms with Gasteiger partial charge in [0.2, 0.25) is 5.91 Å². The predicted octanol–water partition coefficient (Wildman–Crippen LogP) is 5.57. The van der Waals surface area contributed by atoms with Crippen molar-refractivity contribution < 1.29 is 9.18 Å². The van der Waals surface area contributed by atoms with E-state index in [1.165, 1.54) is 10.6 Å². The Morgan fingerprint density at radius 1 is 1.16 bits per heavy atom. The minimum atomic E-state index is -0.657. The molecule has 1 N–H and O–H groups in total. The van der Waals surface area contributed by atoms with Crippen molar-refractivity contribution in [1.82, 2.24) is 9.55 Å². The number of anilines is 1. The first kappa shape index (κ1) is 21.2. The van der Waals surface area contributed by atoms with E-state index in [2.05, 4.69) is 26.2 Å². The molecule has 0 aliphatic carbocycles. The van der Waals surface area contributed by atoms with Gasteiger partial charge in [-0.25, -0.2) is 9.18 Å². The summed E-state index contributed by atoms with van der Waals surface area (Å²) in [4.78, 5) is 29.6. The lowest BCUT2D eigenvalue weighted by Gasteiger charge is -2.14. The Hall–Kier alpha value is -3.03. The molecule has 0 saturated heterocycles. The summed E-state index contributed by atoms with van der Waals surface area (Å²) in [6.07, 6.45) is 0. The highest BCUT2D eigenvalue weighted by Gasteiger charge is 2.17. The molecule has 0 bridgehead atoms. The molecule has 0 aliphatic heterocycles. The zero-order chi connectivity index (χ0) is 22.1. The molecule has 1 aromatic heterocycles. The predicted molar refractivity (Wildman–Crippen MR) is 124 cm³/mol. The van der Waals surface area contributed by atoms with Gasteiger partial charge in [-0.3, -0.25) is 9.36 Å². The summed E-state index contributed by atoms with van der Waals surface area (Å²) < 4.78 is 16.6. The molecule has 31 heavy (non-hydrogen) atoms. The first-order chi connectivity index (χ1) is 14.8. The lowest BCUT2D eigenvalue weighted by molar-refractivity contribution is -0.116. The number of carbonyl (C=O) groups excluding carboxylic acids is 1. The first-order valence-electron chi connectivity index (χ1n) is 9.34. The third kappa shape index (κ3) is 4.38. The van der Waals surface area contributed by atoms with E-state index in [9.17, 15) is 14.0 Å². The number of rotatable bonds is 4. The standard InChI is InChI=1S/C23H16BrClFN3O2/c1-13-10-15(7-8-18(13)24)27-21(30)12-29-20-9-6-14(25)11-17(20)22(28-23(29)31)16-4-2-3-5-19(16)26/h2-11H,12H2,1H3,(H,27,30). The number of hydrogen-bond donors (Lipinski definition) is 1. The van der Waals surface area contributed by atoms with Crippen LogP contribution in [0.1, 0.15) is 5.56 Å². The summed E-state index contributed by atoms with van der Waals surface area (Å²) in [5.74, 6) is -0.891. The van der Waals surface area contributed by atoms with E-state index in [1.54, 1.807) is 42.5 Å². The summed E-state index contributed by atoms with van der Waals surface area (Å²) in [5.41, 5.74) is 1.72. The highest BCUT2D eigenvalue weighted by atomic mass is 79.9. The van der Waals surface area contributed by atoms with Crippen molar-refractivity contribution in [2.24, 2.45) is 0 Å². The van der Waals surface area contributed by atoms with Crippen LogP contribution < -0.4 is 11.0 Å². The van der Waals surface area contributed by atoms with E-state index in [1.807, 2.05) is 19.1 Å². The fraction of sp³-hybridized carbons (Fsp3) is 0.0870. The van der Waals surface area contributed by atoms with Crippen molar-refractivity contribution in [3.8, 4) is 11.3 Å². The summed E-state index contributed by atoms with van der Waals surface area (Å²) in [6, 6.07) is 16.3. The van der Waals surface area contributed by atoms with Crippen LogP contribution in [-0.4, -0.2) is 15.5 Å². The zero-order valence-electron chi connectivity index (χ0n) is 16.3. The maximum Gasteiger partial charge on any atom is 0.349 e. The van der Waals surface area contributed by atoms with Crippen LogP contribution in [0, 0.1) is 12.7 Å². The number of halogens is 3. The highest BCUT2D eigenvalue weighted by Crippen LogP contribution is 2.29. The molecule has 0 aliphatic rings. The molecule has 1 heterocycles. The number of aromatic nitrogens is 2. The monoisotopic (exact) mass is 499 g/mol. The molecule has 3 aromatic carbocycles. The third-order valence-electron chi connectivity index (χ3n) is 4.82. The van der Waals surface area contributed by atoms with E-state index in [0.717, 1.165) is 10.0 Å². The molecular formula is C23H16BrClFN3O2. The van der Waals surface area contributed by atoms with Crippen LogP contribution >= 0.6 is 27.5 Å². The average Bonchev–Trinajstić information content (AvgIpc) is 2.73. The Kier molecular flexibility index (Phi) is 5.89. The van der Waals surface area contributed by atoms with Crippen LogP contribution in [-0.2, 0) is 11.3 Å². The Bertz CT molecular complexity index is 1390. The molecule has 5 nitrogen and oxygen atoms in total. The molecule has 0 saturated carbocycles. The SMILES string of the molecule is Cc1cc(NC(=O)Cn2c(=O)nc(-c3ccccc3F)c3cc(Cl)ccc32)ccc1Br. The molecule has 0 radical (unpaired) electrons. The summed E-state index contributed by atoms with van der Waals surface area (Å²) >= 11 is 9.58. The summed E-state index contributed by atoms with van der Waals surface area (Å²) in [5, 5.41) is 3.67. The van der Waals surface area contributed by atoms with Gasteiger partial charge >= 0.3 is 5.69 Å². The normalized spacial score (nSPS) is 11.0. The average molecular weight is 501 g/mol. The number of nitrogens with zero attached hydrogens (tertiary/aromatic N) is 2. The lowest BCUT2D eigenvalue weighted by atomic mass is 10.1. The minimum Gasteiger partial charge on any atom is -0.325 e. The first-order valence-corrected chi connectivity index (χ1v) is 10.5. The fourth-order valence-corrected chi connectivity index (χ4v) is 3.75. The van der Waals surface area contributed by atoms with Crippen molar-refractivity contribution in [3.63, 3.8) is 0 Å². The van der Waals surface area contributed by atoms with Crippen molar-refractivity contribution in [2.45, 2.75) is 13.5 Å². The molecular weight excluding hydrogens is 485 g/mol. The molecule has 4 rings (SSSR count). The van der Waals surface area contributed by atoms with E-state index >= 15 is 0 Å². The zero-order valence-corrected chi connectivity index (χ0v) is 18.7. The molecule has 0 atom stereocenters. The second-order valence-corrected chi connectivity index (χ2v) is 8.27. The Balaban J connectivity index is 1.77. The van der Waals surface area contributed by atoms with E-state index < -0.39 is 11.5 Å². The van der Waals surface area contributed by atoms with E-state index in [4.69, 9.17) is 11.6 Å². The van der Waals surface area contributed by atoms with Gasteiger partial charge in [0.05, 0.1) is 11.2 Å². The molecule has 0 spiro atoms. The van der Waals surface area contributed by atoms with Crippen molar-refractivity contribution in [3.05, 3.63) is 92.0 Å². The number of fused-ring (bicyclic) bond motifs is 1. The van der Waals surface area contributed by atoms with Gasteiger partial charge in [0.15, 0.2) is 0 Å². The minimum absolute atomic E-state index is 0.181. The Morgan fingerprint density at radius 3 is 2.68 bits per heavy atom. The maximum absolute atomic E-state index is 14.4. The van der Waals surface area contributed by atoms with Gasteiger partial charge in [0.1, 0.15) is 12.4 Å². The third-order valence-corrected chi connectivity index (χ3v) is 5.94. The van der Waals surface area contributed by atoms with E-state index in [-0.39, 0.29) is 23.7 Å². The molecule has 8 heteroatoms. The van der Waals surface area contributed by atoms with Gasteiger partial charge in [0, 0.05) is 26.1 Å². The lowest BCUT2D eigenvalue weighted by Crippen LogP contribution is -2.30. The van der Waals surface area contributed by atoms with Crippen LogP contribution in [0.25, 0.3) is 22.2 Å². The van der Waals surface area contributed by atoms with Crippen LogP contribution in [0.4, 0.5) is 10.1 Å². The summed E-state index contributed by atoms with van der Waals surface area (Å²) in [7, 11) is 0. The smallest absolute Gasteiger partial charge is 0.325 e. The second kappa shape index (κ2) is 8.61. The number of nitrogens with one attached hydrogen (secondary N) is 1. The number of hydrogen-bond acceptors (Lipinski definition) is 3. The van der Waals surface area contributed by atoms with Gasteiger partial charge < -0.3 is 5.32 Å². The Morgan fingerprint density at radius 2 is 1.94 bits per heavy atom. The van der Waals surface area contributed by atoms with Crippen LogP contribution in [0.5, 0.6) is 0 Å². The largest absolute Gasteiger partial charge is 0.349 e. The second-order valence-electron chi connectivity index (χ2n) is 6.98. The van der Waals surface area contributed by atoms with Crippen LogP contribution in [0.3, 0.4) is 0 Å². The van der Waals surface area contributed by atoms with Gasteiger partial charge in [-0.1, -0.05) is 39.7 Å². The molecule has 4 aromatic rings. The number of carbonyl (C=O) groups is 1. The number of aryl methyl sites for hydroxylation is 1. The van der Waals surface area contributed by atoms with Crippen LogP contribution in [0.15, 0.2) is 69.9 Å².